The molecule has 0 radical (unpaired) electrons. The van der Waals surface area contributed by atoms with Crippen molar-refractivity contribution in [1.29, 1.82) is 0 Å². The first-order chi connectivity index (χ1) is 9.84. The number of hydrogen-bond donors (Lipinski definition) is 0. The summed E-state index contributed by atoms with van der Waals surface area (Å²) in [5.74, 6) is 0.819. The monoisotopic (exact) mass is 311 g/mol. The Labute approximate surface area is 127 Å². The van der Waals surface area contributed by atoms with E-state index in [1.165, 1.54) is 12.8 Å². The Balaban J connectivity index is 1.78. The zero-order chi connectivity index (χ0) is 15.3. The second kappa shape index (κ2) is 5.09. The van der Waals surface area contributed by atoms with Crippen LogP contribution in [0.4, 0.5) is 0 Å². The zero-order valence-corrected chi connectivity index (χ0v) is 13.9. The van der Waals surface area contributed by atoms with Gasteiger partial charge in [-0.05, 0) is 50.9 Å². The Kier molecular flexibility index (Phi) is 3.64. The normalized spacial score (nSPS) is 23.6. The molecule has 0 bridgehead atoms. The number of aromatic nitrogens is 2. The van der Waals surface area contributed by atoms with E-state index in [4.69, 9.17) is 0 Å². The van der Waals surface area contributed by atoms with Crippen LogP contribution in [0.3, 0.4) is 0 Å². The molecule has 1 saturated heterocycles. The predicted molar refractivity (Wildman–Crippen MR) is 81.4 cm³/mol. The van der Waals surface area contributed by atoms with Gasteiger partial charge in [0, 0.05) is 31.5 Å². The van der Waals surface area contributed by atoms with Crippen molar-refractivity contribution in [2.24, 2.45) is 11.3 Å². The van der Waals surface area contributed by atoms with E-state index in [0.717, 1.165) is 18.8 Å². The van der Waals surface area contributed by atoms with E-state index in [1.54, 1.807) is 21.3 Å². The van der Waals surface area contributed by atoms with Crippen molar-refractivity contribution in [2.45, 2.75) is 57.7 Å². The molecule has 0 atom stereocenters. The summed E-state index contributed by atoms with van der Waals surface area (Å²) in [6.45, 7) is 7.52. The minimum atomic E-state index is -3.46. The van der Waals surface area contributed by atoms with Crippen LogP contribution in [-0.4, -0.2) is 35.4 Å². The number of sulfonamides is 1. The number of imidazole rings is 1. The summed E-state index contributed by atoms with van der Waals surface area (Å²) in [7, 11) is -3.46. The van der Waals surface area contributed by atoms with Gasteiger partial charge in [-0.3, -0.25) is 0 Å². The molecule has 21 heavy (non-hydrogen) atoms. The molecule has 5 nitrogen and oxygen atoms in total. The lowest BCUT2D eigenvalue weighted by atomic mass is 9.77. The summed E-state index contributed by atoms with van der Waals surface area (Å²) in [6.07, 6.45) is 7.90. The van der Waals surface area contributed by atoms with E-state index in [-0.39, 0.29) is 11.2 Å². The summed E-state index contributed by atoms with van der Waals surface area (Å²) >= 11 is 0. The molecule has 1 aliphatic carbocycles. The molecular weight excluding hydrogens is 286 g/mol. The van der Waals surface area contributed by atoms with Crippen LogP contribution in [0.5, 0.6) is 0 Å². The standard InChI is InChI=1S/C15H25N3O2S/c1-12(2)18-11-8-16-14(18)21(19,20)17-9-6-15(3,7-10-17)13-4-5-13/h8,11-13H,4-7,9-10H2,1-3H3. The topological polar surface area (TPSA) is 55.2 Å². The van der Waals surface area contributed by atoms with Gasteiger partial charge in [0.2, 0.25) is 5.16 Å². The van der Waals surface area contributed by atoms with Gasteiger partial charge in [0.05, 0.1) is 0 Å². The fourth-order valence-corrected chi connectivity index (χ4v) is 5.06. The molecule has 0 amide bonds. The predicted octanol–water partition coefficient (Wildman–Crippen LogP) is 2.66. The lowest BCUT2D eigenvalue weighted by molar-refractivity contribution is 0.146. The summed E-state index contributed by atoms with van der Waals surface area (Å²) in [4.78, 5) is 4.10. The molecule has 1 aromatic heterocycles. The number of piperidine rings is 1. The second-order valence-corrected chi connectivity index (χ2v) is 8.87. The quantitative estimate of drug-likeness (QED) is 0.859. The van der Waals surface area contributed by atoms with Crippen LogP contribution in [0.2, 0.25) is 0 Å². The van der Waals surface area contributed by atoms with Crippen LogP contribution in [0, 0.1) is 11.3 Å². The number of rotatable bonds is 4. The largest absolute Gasteiger partial charge is 0.318 e. The number of hydrogen-bond acceptors (Lipinski definition) is 3. The molecule has 3 rings (SSSR count). The van der Waals surface area contributed by atoms with E-state index in [1.807, 2.05) is 13.8 Å². The maximum atomic E-state index is 12.8. The molecule has 0 aromatic carbocycles. The van der Waals surface area contributed by atoms with Crippen molar-refractivity contribution in [3.63, 3.8) is 0 Å². The van der Waals surface area contributed by atoms with Crippen LogP contribution >= 0.6 is 0 Å². The van der Waals surface area contributed by atoms with Crippen LogP contribution in [0.25, 0.3) is 0 Å². The lowest BCUT2D eigenvalue weighted by Crippen LogP contribution is -2.43. The van der Waals surface area contributed by atoms with Gasteiger partial charge in [-0.15, -0.1) is 0 Å². The van der Waals surface area contributed by atoms with Gasteiger partial charge < -0.3 is 4.57 Å². The van der Waals surface area contributed by atoms with Crippen molar-refractivity contribution in [3.05, 3.63) is 12.4 Å². The molecular formula is C15H25N3O2S. The Morgan fingerprint density at radius 2 is 1.90 bits per heavy atom. The van der Waals surface area contributed by atoms with Crippen LogP contribution < -0.4 is 0 Å². The first-order valence-electron chi connectivity index (χ1n) is 7.87. The van der Waals surface area contributed by atoms with Gasteiger partial charge in [-0.1, -0.05) is 6.92 Å². The lowest BCUT2D eigenvalue weighted by Gasteiger charge is -2.39. The summed E-state index contributed by atoms with van der Waals surface area (Å²) in [6, 6.07) is 0.0961. The molecule has 2 aliphatic rings. The first-order valence-corrected chi connectivity index (χ1v) is 9.31. The minimum Gasteiger partial charge on any atom is -0.318 e. The van der Waals surface area contributed by atoms with Crippen LogP contribution in [-0.2, 0) is 10.0 Å². The van der Waals surface area contributed by atoms with E-state index in [0.29, 0.717) is 18.5 Å². The van der Waals surface area contributed by atoms with Crippen molar-refractivity contribution in [3.8, 4) is 0 Å². The van der Waals surface area contributed by atoms with Gasteiger partial charge in [-0.2, -0.15) is 4.31 Å². The first kappa shape index (κ1) is 15.0. The molecule has 2 fully saturated rings. The SMILES string of the molecule is CC(C)n1ccnc1S(=O)(=O)N1CCC(C)(C2CC2)CC1. The van der Waals surface area contributed by atoms with Gasteiger partial charge in [0.15, 0.2) is 0 Å². The Bertz CT molecular complexity index is 609. The van der Waals surface area contributed by atoms with E-state index in [9.17, 15) is 8.42 Å². The summed E-state index contributed by atoms with van der Waals surface area (Å²) < 4.78 is 29.0. The molecule has 0 unspecified atom stereocenters. The van der Waals surface area contributed by atoms with Gasteiger partial charge in [0.25, 0.3) is 10.0 Å². The molecule has 118 valence electrons. The molecule has 1 aliphatic heterocycles. The van der Waals surface area contributed by atoms with Gasteiger partial charge in [-0.25, -0.2) is 13.4 Å². The fourth-order valence-electron chi connectivity index (χ4n) is 3.43. The highest BCUT2D eigenvalue weighted by atomic mass is 32.2. The molecule has 2 heterocycles. The Hall–Kier alpha value is -0.880. The Morgan fingerprint density at radius 3 is 2.43 bits per heavy atom. The third-order valence-corrected chi connectivity index (χ3v) is 7.01. The summed E-state index contributed by atoms with van der Waals surface area (Å²) in [5.41, 5.74) is 0.347. The van der Waals surface area contributed by atoms with Gasteiger partial charge >= 0.3 is 0 Å². The molecule has 0 spiro atoms. The molecule has 1 aromatic rings. The van der Waals surface area contributed by atoms with Crippen molar-refractivity contribution >= 4 is 10.0 Å². The zero-order valence-electron chi connectivity index (χ0n) is 13.1. The average molecular weight is 311 g/mol. The highest BCUT2D eigenvalue weighted by molar-refractivity contribution is 7.89. The molecule has 6 heteroatoms. The number of nitrogens with zero attached hydrogens (tertiary/aromatic N) is 3. The molecule has 1 saturated carbocycles. The smallest absolute Gasteiger partial charge is 0.277 e. The third kappa shape index (κ3) is 2.63. The highest BCUT2D eigenvalue weighted by Crippen LogP contribution is 2.51. The second-order valence-electron chi connectivity index (χ2n) is 7.04. The van der Waals surface area contributed by atoms with Crippen molar-refractivity contribution in [1.82, 2.24) is 13.9 Å². The fraction of sp³-hybridized carbons (Fsp3) is 0.800. The summed E-state index contributed by atoms with van der Waals surface area (Å²) in [5, 5.41) is 0.188. The van der Waals surface area contributed by atoms with Crippen LogP contribution in [0.1, 0.15) is 52.5 Å². The highest BCUT2D eigenvalue weighted by Gasteiger charge is 2.45. The third-order valence-electron chi connectivity index (χ3n) is 5.19. The maximum absolute atomic E-state index is 12.8. The van der Waals surface area contributed by atoms with E-state index >= 15 is 0 Å². The Morgan fingerprint density at radius 1 is 1.29 bits per heavy atom. The van der Waals surface area contributed by atoms with E-state index in [2.05, 4.69) is 11.9 Å². The minimum absolute atomic E-state index is 0.0961. The van der Waals surface area contributed by atoms with Crippen molar-refractivity contribution in [2.75, 3.05) is 13.1 Å². The molecule has 0 N–H and O–H groups in total. The van der Waals surface area contributed by atoms with E-state index < -0.39 is 10.0 Å². The van der Waals surface area contributed by atoms with Crippen LogP contribution in [0.15, 0.2) is 17.6 Å². The average Bonchev–Trinajstić information content (AvgIpc) is 3.16. The van der Waals surface area contributed by atoms with Crippen molar-refractivity contribution < 1.29 is 8.42 Å². The van der Waals surface area contributed by atoms with Gasteiger partial charge in [0.1, 0.15) is 0 Å². The maximum Gasteiger partial charge on any atom is 0.277 e.